The van der Waals surface area contributed by atoms with Crippen LogP contribution >= 0.6 is 0 Å². The predicted octanol–water partition coefficient (Wildman–Crippen LogP) is 1.13. The number of hydrogen-bond donors (Lipinski definition) is 1. The van der Waals surface area contributed by atoms with Crippen LogP contribution < -0.4 is 10.2 Å². The largest absolute Gasteiger partial charge is 0.354 e. The fourth-order valence-corrected chi connectivity index (χ4v) is 3.91. The normalized spacial score (nSPS) is 18.8. The lowest BCUT2D eigenvalue weighted by Gasteiger charge is -2.48. The van der Waals surface area contributed by atoms with Crippen molar-refractivity contribution < 1.29 is 4.79 Å². The molecule has 1 amide bonds. The summed E-state index contributed by atoms with van der Waals surface area (Å²) in [6, 6.07) is 10.1. The van der Waals surface area contributed by atoms with Gasteiger partial charge in [0.15, 0.2) is 17.0 Å². The number of β-lactam (4-membered cyclic amide) rings is 1. The minimum absolute atomic E-state index is 0.00461. The van der Waals surface area contributed by atoms with Gasteiger partial charge in [0.25, 0.3) is 0 Å². The molecule has 2 aliphatic rings. The average Bonchev–Trinajstić information content (AvgIpc) is 3.05. The quantitative estimate of drug-likeness (QED) is 0.713. The molecule has 2 aliphatic heterocycles. The third-order valence-corrected chi connectivity index (χ3v) is 5.38. The molecule has 2 fully saturated rings. The maximum Gasteiger partial charge on any atom is 0.222 e. The Hall–Kier alpha value is -3.03. The number of carbonyl (C=O) groups is 1. The first kappa shape index (κ1) is 15.2. The Morgan fingerprint density at radius 3 is 2.62 bits per heavy atom. The van der Waals surface area contributed by atoms with Crippen LogP contribution in [0.1, 0.15) is 24.8 Å². The lowest BCUT2D eigenvalue weighted by atomic mass is 9.78. The number of benzene rings is 1. The van der Waals surface area contributed by atoms with Crippen LogP contribution in [0.4, 0.5) is 5.82 Å². The van der Waals surface area contributed by atoms with E-state index >= 15 is 0 Å². The highest BCUT2D eigenvalue weighted by atomic mass is 16.2. The first-order chi connectivity index (χ1) is 12.7. The van der Waals surface area contributed by atoms with Crippen LogP contribution in [0.3, 0.4) is 0 Å². The molecule has 3 aromatic rings. The molecule has 8 heteroatoms. The van der Waals surface area contributed by atoms with E-state index in [2.05, 4.69) is 42.6 Å². The minimum Gasteiger partial charge on any atom is -0.354 e. The molecule has 0 saturated carbocycles. The van der Waals surface area contributed by atoms with Crippen LogP contribution in [0, 0.1) is 0 Å². The monoisotopic (exact) mass is 349 g/mol. The summed E-state index contributed by atoms with van der Waals surface area (Å²) in [5.41, 5.74) is 2.64. The highest BCUT2D eigenvalue weighted by Crippen LogP contribution is 2.34. The third kappa shape index (κ3) is 2.49. The van der Waals surface area contributed by atoms with E-state index in [0.29, 0.717) is 13.0 Å². The zero-order valence-electron chi connectivity index (χ0n) is 14.3. The molecular weight excluding hydrogens is 330 g/mol. The van der Waals surface area contributed by atoms with E-state index in [-0.39, 0.29) is 11.4 Å². The Bertz CT molecular complexity index is 950. The molecule has 8 nitrogen and oxygen atoms in total. The van der Waals surface area contributed by atoms with E-state index in [9.17, 15) is 4.79 Å². The summed E-state index contributed by atoms with van der Waals surface area (Å²) in [5.74, 6) is 0.988. The van der Waals surface area contributed by atoms with E-state index in [1.165, 1.54) is 0 Å². The Morgan fingerprint density at radius 1 is 1.12 bits per heavy atom. The van der Waals surface area contributed by atoms with Gasteiger partial charge in [-0.15, -0.1) is 5.10 Å². The molecule has 5 rings (SSSR count). The second-order valence-electron chi connectivity index (χ2n) is 7.09. The fraction of sp³-hybridized carbons (Fsp3) is 0.389. The van der Waals surface area contributed by atoms with Crippen LogP contribution in [0.5, 0.6) is 0 Å². The zero-order valence-corrected chi connectivity index (χ0v) is 14.3. The number of anilines is 1. The number of amides is 1. The third-order valence-electron chi connectivity index (χ3n) is 5.38. The molecule has 0 radical (unpaired) electrons. The van der Waals surface area contributed by atoms with Gasteiger partial charge in [0.2, 0.25) is 5.91 Å². The van der Waals surface area contributed by atoms with Gasteiger partial charge in [0.05, 0.1) is 12.1 Å². The second-order valence-corrected chi connectivity index (χ2v) is 7.09. The summed E-state index contributed by atoms with van der Waals surface area (Å²) in [6.07, 6.45) is 4.09. The molecule has 2 saturated heterocycles. The van der Waals surface area contributed by atoms with E-state index in [4.69, 9.17) is 0 Å². The van der Waals surface area contributed by atoms with Gasteiger partial charge in [-0.25, -0.2) is 14.6 Å². The van der Waals surface area contributed by atoms with Gasteiger partial charge in [-0.05, 0) is 18.4 Å². The van der Waals surface area contributed by atoms with E-state index in [0.717, 1.165) is 48.5 Å². The van der Waals surface area contributed by atoms with Gasteiger partial charge in [-0.3, -0.25) is 4.79 Å². The molecule has 2 aromatic heterocycles. The topological polar surface area (TPSA) is 88.8 Å². The smallest absolute Gasteiger partial charge is 0.222 e. The molecule has 0 atom stereocenters. The van der Waals surface area contributed by atoms with Gasteiger partial charge in [0, 0.05) is 19.5 Å². The van der Waals surface area contributed by atoms with Gasteiger partial charge in [-0.2, -0.15) is 0 Å². The van der Waals surface area contributed by atoms with Crippen molar-refractivity contribution in [3.63, 3.8) is 0 Å². The Balaban J connectivity index is 1.40. The number of nitrogens with zero attached hydrogens (tertiary/aromatic N) is 6. The Kier molecular flexibility index (Phi) is 3.37. The number of aromatic nitrogens is 5. The first-order valence-electron chi connectivity index (χ1n) is 8.87. The molecule has 0 unspecified atom stereocenters. The van der Waals surface area contributed by atoms with Crippen LogP contribution in [-0.2, 0) is 11.3 Å². The highest BCUT2D eigenvalue weighted by Gasteiger charge is 2.45. The zero-order chi connectivity index (χ0) is 17.6. The van der Waals surface area contributed by atoms with Crippen molar-refractivity contribution in [1.82, 2.24) is 30.3 Å². The second kappa shape index (κ2) is 5.76. The summed E-state index contributed by atoms with van der Waals surface area (Å²) in [6.45, 7) is 2.32. The Morgan fingerprint density at radius 2 is 1.88 bits per heavy atom. The fourth-order valence-electron chi connectivity index (χ4n) is 3.91. The number of rotatable bonds is 3. The summed E-state index contributed by atoms with van der Waals surface area (Å²) < 4.78 is 1.81. The number of carbonyl (C=O) groups excluding carboxylic acids is 1. The van der Waals surface area contributed by atoms with Gasteiger partial charge < -0.3 is 10.2 Å². The van der Waals surface area contributed by atoms with Gasteiger partial charge >= 0.3 is 0 Å². The molecule has 1 aromatic carbocycles. The lowest BCUT2D eigenvalue weighted by Crippen LogP contribution is -2.65. The molecule has 26 heavy (non-hydrogen) atoms. The molecule has 132 valence electrons. The van der Waals surface area contributed by atoms with E-state index in [1.807, 2.05) is 22.9 Å². The van der Waals surface area contributed by atoms with Crippen molar-refractivity contribution in [2.75, 3.05) is 18.0 Å². The number of nitrogens with one attached hydrogen (secondary N) is 1. The van der Waals surface area contributed by atoms with E-state index < -0.39 is 0 Å². The van der Waals surface area contributed by atoms with Crippen molar-refractivity contribution in [1.29, 1.82) is 0 Å². The van der Waals surface area contributed by atoms with Crippen molar-refractivity contribution in [2.24, 2.45) is 0 Å². The predicted molar refractivity (Wildman–Crippen MR) is 95.6 cm³/mol. The molecular formula is C18H19N7O. The van der Waals surface area contributed by atoms with Crippen LogP contribution in [0.2, 0.25) is 0 Å². The van der Waals surface area contributed by atoms with Gasteiger partial charge in [0.1, 0.15) is 6.33 Å². The first-order valence-corrected chi connectivity index (χ1v) is 8.87. The summed E-state index contributed by atoms with van der Waals surface area (Å²) in [7, 11) is 0. The SMILES string of the molecule is O=C1CC2(CCN(c3ncnc4c3nnn4Cc3ccccc3)CC2)N1. The lowest BCUT2D eigenvalue weighted by molar-refractivity contribution is -0.133. The summed E-state index contributed by atoms with van der Waals surface area (Å²) in [4.78, 5) is 22.4. The number of piperidine rings is 1. The summed E-state index contributed by atoms with van der Waals surface area (Å²) in [5, 5.41) is 11.7. The molecule has 1 spiro atoms. The molecule has 0 bridgehead atoms. The van der Waals surface area contributed by atoms with E-state index in [1.54, 1.807) is 6.33 Å². The molecule has 1 N–H and O–H groups in total. The number of fused-ring (bicyclic) bond motifs is 1. The maximum atomic E-state index is 11.3. The highest BCUT2D eigenvalue weighted by molar-refractivity contribution is 5.85. The van der Waals surface area contributed by atoms with Crippen LogP contribution in [-0.4, -0.2) is 49.5 Å². The van der Waals surface area contributed by atoms with Crippen molar-refractivity contribution in [3.8, 4) is 0 Å². The molecule has 4 heterocycles. The standard InChI is InChI=1S/C18H19N7O/c26-14-10-18(21-14)6-8-24(9-7-18)16-15-17(20-12-19-16)25(23-22-15)11-13-4-2-1-3-5-13/h1-5,12H,6-11H2,(H,21,26). The van der Waals surface area contributed by atoms with Gasteiger partial charge in [-0.1, -0.05) is 35.5 Å². The van der Waals surface area contributed by atoms with Crippen molar-refractivity contribution in [3.05, 3.63) is 42.2 Å². The Labute approximate surface area is 150 Å². The number of hydrogen-bond acceptors (Lipinski definition) is 6. The minimum atomic E-state index is 0.00461. The van der Waals surface area contributed by atoms with Crippen molar-refractivity contribution >= 4 is 22.9 Å². The molecule has 0 aliphatic carbocycles. The van der Waals surface area contributed by atoms with Crippen LogP contribution in [0.25, 0.3) is 11.2 Å². The van der Waals surface area contributed by atoms with Crippen LogP contribution in [0.15, 0.2) is 36.7 Å². The average molecular weight is 349 g/mol. The summed E-state index contributed by atoms with van der Waals surface area (Å²) >= 11 is 0. The van der Waals surface area contributed by atoms with Crippen molar-refractivity contribution in [2.45, 2.75) is 31.3 Å². The maximum absolute atomic E-state index is 11.3.